The van der Waals surface area contributed by atoms with Crippen molar-refractivity contribution in [2.24, 2.45) is 0 Å². The third-order valence-electron chi connectivity index (χ3n) is 5.84. The third kappa shape index (κ3) is 4.09. The number of aryl methyl sites for hydroxylation is 1. The predicted octanol–water partition coefficient (Wildman–Crippen LogP) is 4.05. The number of rotatable bonds is 4. The zero-order chi connectivity index (χ0) is 21.3. The first kappa shape index (κ1) is 20.2. The molecule has 0 fully saturated rings. The van der Waals surface area contributed by atoms with Crippen LogP contribution < -0.4 is 5.32 Å². The van der Waals surface area contributed by atoms with E-state index in [0.29, 0.717) is 12.6 Å². The zero-order valence-electron chi connectivity index (χ0n) is 18.0. The van der Waals surface area contributed by atoms with E-state index in [4.69, 9.17) is 4.42 Å². The maximum absolute atomic E-state index is 12.6. The summed E-state index contributed by atoms with van der Waals surface area (Å²) in [5.41, 5.74) is 3.99. The third-order valence-corrected chi connectivity index (χ3v) is 5.84. The molecule has 1 aliphatic heterocycles. The molecular formula is C24H28N4O2. The second-order valence-corrected chi connectivity index (χ2v) is 8.10. The fourth-order valence-electron chi connectivity index (χ4n) is 3.69. The molecule has 0 spiro atoms. The molecule has 6 heteroatoms. The smallest absolute Gasteiger partial charge is 0.246 e. The summed E-state index contributed by atoms with van der Waals surface area (Å²) in [4.78, 5) is 21.1. The normalized spacial score (nSPS) is 17.0. The molecule has 1 aromatic carbocycles. The van der Waals surface area contributed by atoms with Crippen LogP contribution in [0.15, 0.2) is 47.0 Å². The van der Waals surface area contributed by atoms with Gasteiger partial charge in [-0.1, -0.05) is 18.2 Å². The van der Waals surface area contributed by atoms with Crippen LogP contribution in [0.5, 0.6) is 0 Å². The Morgan fingerprint density at radius 3 is 3.00 bits per heavy atom. The average Bonchev–Trinajstić information content (AvgIpc) is 2.98. The van der Waals surface area contributed by atoms with E-state index in [0.717, 1.165) is 52.3 Å². The van der Waals surface area contributed by atoms with Crippen molar-refractivity contribution in [3.05, 3.63) is 65.1 Å². The molecule has 1 unspecified atom stereocenters. The fourth-order valence-corrected chi connectivity index (χ4v) is 3.69. The molecule has 3 heterocycles. The Hall–Kier alpha value is -3.12. The van der Waals surface area contributed by atoms with Crippen molar-refractivity contribution in [3.63, 3.8) is 0 Å². The van der Waals surface area contributed by atoms with Gasteiger partial charge in [-0.25, -0.2) is 4.98 Å². The van der Waals surface area contributed by atoms with Crippen LogP contribution >= 0.6 is 0 Å². The number of para-hydroxylation sites is 1. The van der Waals surface area contributed by atoms with Gasteiger partial charge in [-0.3, -0.25) is 9.69 Å². The van der Waals surface area contributed by atoms with Gasteiger partial charge in [0.1, 0.15) is 17.2 Å². The molecule has 0 saturated heterocycles. The Balaban J connectivity index is 1.45. The monoisotopic (exact) mass is 404 g/mol. The lowest BCUT2D eigenvalue weighted by Crippen LogP contribution is -2.31. The van der Waals surface area contributed by atoms with E-state index in [1.807, 2.05) is 37.3 Å². The Morgan fingerprint density at radius 2 is 2.20 bits per heavy atom. The number of hydrogen-bond donors (Lipinski definition) is 1. The Labute approximate surface area is 177 Å². The van der Waals surface area contributed by atoms with Crippen molar-refractivity contribution in [2.45, 2.75) is 33.0 Å². The maximum atomic E-state index is 12.6. The lowest BCUT2D eigenvalue weighted by molar-refractivity contribution is -0.125. The quantitative estimate of drug-likeness (QED) is 0.665. The Kier molecular flexibility index (Phi) is 5.59. The van der Waals surface area contributed by atoms with Gasteiger partial charge in [0.25, 0.3) is 0 Å². The number of furan rings is 1. The van der Waals surface area contributed by atoms with Gasteiger partial charge in [-0.05, 0) is 44.7 Å². The number of anilines is 1. The van der Waals surface area contributed by atoms with Gasteiger partial charge < -0.3 is 14.6 Å². The number of pyridine rings is 1. The van der Waals surface area contributed by atoms with E-state index in [1.165, 1.54) is 0 Å². The molecule has 0 aliphatic carbocycles. The first-order valence-electron chi connectivity index (χ1n) is 10.3. The zero-order valence-corrected chi connectivity index (χ0v) is 18.0. The van der Waals surface area contributed by atoms with Crippen LogP contribution in [0.1, 0.15) is 29.4 Å². The van der Waals surface area contributed by atoms with E-state index in [9.17, 15) is 4.79 Å². The molecule has 1 amide bonds. The molecule has 0 bridgehead atoms. The van der Waals surface area contributed by atoms with E-state index in [1.54, 1.807) is 24.2 Å². The second-order valence-electron chi connectivity index (χ2n) is 8.10. The molecule has 1 atom stereocenters. The number of fused-ring (bicyclic) bond motifs is 2. The minimum atomic E-state index is -0.0753. The SMILES string of the molecule is Cc1c(CN(C)C(=O)C=Cc2cnc3c(c2)CN(C)C(C)CN3)oc2ccccc12. The summed E-state index contributed by atoms with van der Waals surface area (Å²) in [6.45, 7) is 6.35. The number of carbonyl (C=O) groups is 1. The van der Waals surface area contributed by atoms with E-state index >= 15 is 0 Å². The van der Waals surface area contributed by atoms with Crippen LogP contribution in [0.2, 0.25) is 0 Å². The van der Waals surface area contributed by atoms with Crippen molar-refractivity contribution in [1.82, 2.24) is 14.8 Å². The first-order chi connectivity index (χ1) is 14.4. The number of aromatic nitrogens is 1. The summed E-state index contributed by atoms with van der Waals surface area (Å²) in [5, 5.41) is 4.49. The van der Waals surface area contributed by atoms with Gasteiger partial charge in [0.15, 0.2) is 0 Å². The standard InChI is InChI=1S/C24H28N4O2/c1-16-12-25-24-19(14-27(16)3)11-18(13-26-24)9-10-23(29)28(4)15-22-17(2)20-7-5-6-8-21(20)30-22/h5-11,13,16H,12,14-15H2,1-4H3,(H,25,26). The van der Waals surface area contributed by atoms with Crippen LogP contribution in [0.3, 0.4) is 0 Å². The minimum Gasteiger partial charge on any atom is -0.459 e. The summed E-state index contributed by atoms with van der Waals surface area (Å²) in [6.07, 6.45) is 5.22. The molecule has 0 radical (unpaired) electrons. The molecule has 0 saturated carbocycles. The molecule has 6 nitrogen and oxygen atoms in total. The van der Waals surface area contributed by atoms with Crippen molar-refractivity contribution in [1.29, 1.82) is 0 Å². The van der Waals surface area contributed by atoms with E-state index in [2.05, 4.69) is 35.2 Å². The maximum Gasteiger partial charge on any atom is 0.246 e. The second kappa shape index (κ2) is 8.32. The van der Waals surface area contributed by atoms with Crippen LogP contribution in [0.25, 0.3) is 17.0 Å². The van der Waals surface area contributed by atoms with Gasteiger partial charge in [0, 0.05) is 55.0 Å². The molecule has 1 N–H and O–H groups in total. The van der Waals surface area contributed by atoms with E-state index in [-0.39, 0.29) is 5.91 Å². The van der Waals surface area contributed by atoms with Gasteiger partial charge in [-0.2, -0.15) is 0 Å². The lowest BCUT2D eigenvalue weighted by atomic mass is 10.1. The van der Waals surface area contributed by atoms with Gasteiger partial charge >= 0.3 is 0 Å². The van der Waals surface area contributed by atoms with Crippen molar-refractivity contribution in [3.8, 4) is 0 Å². The molecule has 30 heavy (non-hydrogen) atoms. The Morgan fingerprint density at radius 1 is 1.40 bits per heavy atom. The van der Waals surface area contributed by atoms with Crippen LogP contribution in [0.4, 0.5) is 5.82 Å². The van der Waals surface area contributed by atoms with Crippen LogP contribution in [-0.2, 0) is 17.9 Å². The summed E-state index contributed by atoms with van der Waals surface area (Å²) < 4.78 is 5.94. The summed E-state index contributed by atoms with van der Waals surface area (Å²) in [6, 6.07) is 10.5. The number of hydrogen-bond acceptors (Lipinski definition) is 5. The van der Waals surface area contributed by atoms with Crippen LogP contribution in [-0.4, -0.2) is 47.4 Å². The van der Waals surface area contributed by atoms with Gasteiger partial charge in [0.05, 0.1) is 6.54 Å². The Bertz CT molecular complexity index is 1100. The van der Waals surface area contributed by atoms with Crippen molar-refractivity contribution >= 4 is 28.8 Å². The minimum absolute atomic E-state index is 0.0753. The lowest BCUT2D eigenvalue weighted by Gasteiger charge is -2.20. The van der Waals surface area contributed by atoms with Crippen molar-refractivity contribution in [2.75, 3.05) is 26.0 Å². The highest BCUT2D eigenvalue weighted by Gasteiger charge is 2.18. The number of amides is 1. The largest absolute Gasteiger partial charge is 0.459 e. The average molecular weight is 405 g/mol. The molecule has 2 aromatic heterocycles. The molecule has 156 valence electrons. The summed E-state index contributed by atoms with van der Waals surface area (Å²) in [5.74, 6) is 1.66. The number of likely N-dealkylation sites (N-methyl/N-ethyl adjacent to an activating group) is 2. The van der Waals surface area contributed by atoms with E-state index < -0.39 is 0 Å². The highest BCUT2D eigenvalue weighted by molar-refractivity contribution is 5.91. The number of carbonyl (C=O) groups excluding carboxylic acids is 1. The molecule has 3 aromatic rings. The summed E-state index contributed by atoms with van der Waals surface area (Å²) in [7, 11) is 3.90. The van der Waals surface area contributed by atoms with Gasteiger partial charge in [-0.15, -0.1) is 0 Å². The van der Waals surface area contributed by atoms with Gasteiger partial charge in [0.2, 0.25) is 5.91 Å². The highest BCUT2D eigenvalue weighted by atomic mass is 16.3. The highest BCUT2D eigenvalue weighted by Crippen LogP contribution is 2.26. The molecule has 4 rings (SSSR count). The molecule has 1 aliphatic rings. The number of benzene rings is 1. The fraction of sp³-hybridized carbons (Fsp3) is 0.333. The molecular weight excluding hydrogens is 376 g/mol. The number of nitrogens with one attached hydrogen (secondary N) is 1. The number of nitrogens with zero attached hydrogens (tertiary/aromatic N) is 3. The topological polar surface area (TPSA) is 61.6 Å². The first-order valence-corrected chi connectivity index (χ1v) is 10.3. The van der Waals surface area contributed by atoms with Crippen molar-refractivity contribution < 1.29 is 9.21 Å². The predicted molar refractivity (Wildman–Crippen MR) is 120 cm³/mol. The van der Waals surface area contributed by atoms with Crippen LogP contribution in [0, 0.1) is 6.92 Å². The summed E-state index contributed by atoms with van der Waals surface area (Å²) >= 11 is 0.